The number of rotatable bonds is 9. The highest BCUT2D eigenvalue weighted by atomic mass is 16.2. The van der Waals surface area contributed by atoms with E-state index in [-0.39, 0.29) is 5.91 Å². The quantitative estimate of drug-likeness (QED) is 0.569. The van der Waals surface area contributed by atoms with E-state index in [2.05, 4.69) is 25.7 Å². The van der Waals surface area contributed by atoms with Crippen molar-refractivity contribution in [2.24, 2.45) is 11.8 Å². The molecular weight excluding hydrogens is 222 g/mol. The number of amides is 1. The molecule has 0 spiro atoms. The fraction of sp³-hybridized carbons (Fsp3) is 0.688. The van der Waals surface area contributed by atoms with Crippen molar-refractivity contribution < 1.29 is 4.79 Å². The zero-order valence-corrected chi connectivity index (χ0v) is 11.9. The molecular formula is C16H27NO. The third-order valence-corrected chi connectivity index (χ3v) is 3.64. The largest absolute Gasteiger partial charge is 0.339 e. The highest BCUT2D eigenvalue weighted by molar-refractivity contribution is 5.76. The third kappa shape index (κ3) is 5.07. The van der Waals surface area contributed by atoms with Crippen LogP contribution >= 0.6 is 0 Å². The molecule has 1 rings (SSSR count). The van der Waals surface area contributed by atoms with Gasteiger partial charge in [0.1, 0.15) is 0 Å². The second-order valence-corrected chi connectivity index (χ2v) is 5.15. The normalized spacial score (nSPS) is 22.1. The number of carbonyl (C=O) groups excluding carboxylic acids is 1. The molecule has 0 heterocycles. The number of hydrogen-bond donors (Lipinski definition) is 0. The molecule has 0 aliphatic heterocycles. The van der Waals surface area contributed by atoms with Crippen molar-refractivity contribution in [3.8, 4) is 0 Å². The first kappa shape index (κ1) is 15.0. The molecule has 0 aromatic rings. The van der Waals surface area contributed by atoms with E-state index in [1.54, 1.807) is 0 Å². The first-order valence-corrected chi connectivity index (χ1v) is 7.26. The zero-order chi connectivity index (χ0) is 13.4. The Morgan fingerprint density at radius 3 is 2.72 bits per heavy atom. The molecule has 0 unspecified atom stereocenters. The monoisotopic (exact) mass is 249 g/mol. The molecule has 0 radical (unpaired) electrons. The second kappa shape index (κ2) is 8.12. The van der Waals surface area contributed by atoms with Crippen LogP contribution in [-0.4, -0.2) is 23.9 Å². The second-order valence-electron chi connectivity index (χ2n) is 5.15. The summed E-state index contributed by atoms with van der Waals surface area (Å²) in [6.07, 6.45) is 11.9. The number of allylic oxidation sites excluding steroid dienone is 2. The van der Waals surface area contributed by atoms with Crippen molar-refractivity contribution in [3.63, 3.8) is 0 Å². The first-order chi connectivity index (χ1) is 8.72. The molecule has 2 heteroatoms. The van der Waals surface area contributed by atoms with Gasteiger partial charge in [0.15, 0.2) is 0 Å². The van der Waals surface area contributed by atoms with Crippen molar-refractivity contribution in [1.29, 1.82) is 0 Å². The molecule has 1 aliphatic carbocycles. The van der Waals surface area contributed by atoms with Gasteiger partial charge < -0.3 is 4.90 Å². The SMILES string of the molecule is C=CCN(C[C@@H]1C[C@H]1CC/C=C\CC)C(=O)CC. The summed E-state index contributed by atoms with van der Waals surface area (Å²) in [6, 6.07) is 0. The lowest BCUT2D eigenvalue weighted by Gasteiger charge is -2.20. The molecule has 0 aromatic carbocycles. The molecule has 2 atom stereocenters. The summed E-state index contributed by atoms with van der Waals surface area (Å²) in [5, 5.41) is 0. The summed E-state index contributed by atoms with van der Waals surface area (Å²) in [5.41, 5.74) is 0. The van der Waals surface area contributed by atoms with E-state index in [4.69, 9.17) is 0 Å². The minimum atomic E-state index is 0.256. The van der Waals surface area contributed by atoms with Crippen LogP contribution in [0, 0.1) is 11.8 Å². The Morgan fingerprint density at radius 1 is 1.33 bits per heavy atom. The minimum absolute atomic E-state index is 0.256. The van der Waals surface area contributed by atoms with Gasteiger partial charge in [-0.05, 0) is 37.5 Å². The minimum Gasteiger partial charge on any atom is -0.339 e. The van der Waals surface area contributed by atoms with E-state index < -0.39 is 0 Å². The molecule has 1 aliphatic rings. The highest BCUT2D eigenvalue weighted by Gasteiger charge is 2.37. The highest BCUT2D eigenvalue weighted by Crippen LogP contribution is 2.42. The summed E-state index contributed by atoms with van der Waals surface area (Å²) in [5.74, 6) is 1.82. The van der Waals surface area contributed by atoms with Crippen molar-refractivity contribution in [3.05, 3.63) is 24.8 Å². The van der Waals surface area contributed by atoms with Crippen LogP contribution < -0.4 is 0 Å². The average molecular weight is 249 g/mol. The topological polar surface area (TPSA) is 20.3 Å². The number of carbonyl (C=O) groups is 1. The maximum absolute atomic E-state index is 11.7. The molecule has 0 bridgehead atoms. The van der Waals surface area contributed by atoms with Gasteiger partial charge in [0.2, 0.25) is 5.91 Å². The zero-order valence-electron chi connectivity index (χ0n) is 11.9. The smallest absolute Gasteiger partial charge is 0.222 e. The molecule has 0 aromatic heterocycles. The molecule has 2 nitrogen and oxygen atoms in total. The van der Waals surface area contributed by atoms with Gasteiger partial charge in [-0.1, -0.05) is 32.1 Å². The van der Waals surface area contributed by atoms with Crippen LogP contribution in [0.2, 0.25) is 0 Å². The molecule has 0 N–H and O–H groups in total. The van der Waals surface area contributed by atoms with Crippen molar-refractivity contribution in [2.45, 2.75) is 46.0 Å². The fourth-order valence-electron chi connectivity index (χ4n) is 2.42. The van der Waals surface area contributed by atoms with Crippen LogP contribution in [0.3, 0.4) is 0 Å². The van der Waals surface area contributed by atoms with E-state index in [9.17, 15) is 4.79 Å². The predicted molar refractivity (Wildman–Crippen MR) is 77.3 cm³/mol. The number of hydrogen-bond acceptors (Lipinski definition) is 1. The molecule has 0 saturated heterocycles. The van der Waals surface area contributed by atoms with E-state index in [0.717, 1.165) is 24.8 Å². The predicted octanol–water partition coefficient (Wildman–Crippen LogP) is 3.79. The maximum atomic E-state index is 11.7. The lowest BCUT2D eigenvalue weighted by molar-refractivity contribution is -0.130. The Hall–Kier alpha value is -1.05. The Labute approximate surface area is 112 Å². The summed E-state index contributed by atoms with van der Waals surface area (Å²) in [7, 11) is 0. The lowest BCUT2D eigenvalue weighted by atomic mass is 10.1. The Kier molecular flexibility index (Phi) is 6.77. The Morgan fingerprint density at radius 2 is 2.11 bits per heavy atom. The van der Waals surface area contributed by atoms with Crippen LogP contribution in [-0.2, 0) is 4.79 Å². The van der Waals surface area contributed by atoms with Gasteiger partial charge in [-0.2, -0.15) is 0 Å². The van der Waals surface area contributed by atoms with Crippen LogP contribution in [0.15, 0.2) is 24.8 Å². The van der Waals surface area contributed by atoms with Gasteiger partial charge in [0.05, 0.1) is 0 Å². The van der Waals surface area contributed by atoms with Gasteiger partial charge in [-0.15, -0.1) is 6.58 Å². The van der Waals surface area contributed by atoms with Crippen molar-refractivity contribution >= 4 is 5.91 Å². The van der Waals surface area contributed by atoms with E-state index in [1.807, 2.05) is 17.9 Å². The van der Waals surface area contributed by atoms with Gasteiger partial charge in [-0.25, -0.2) is 0 Å². The molecule has 18 heavy (non-hydrogen) atoms. The molecule has 102 valence electrons. The van der Waals surface area contributed by atoms with Crippen molar-refractivity contribution in [1.82, 2.24) is 4.90 Å². The molecule has 1 fully saturated rings. The van der Waals surface area contributed by atoms with E-state index >= 15 is 0 Å². The summed E-state index contributed by atoms with van der Waals surface area (Å²) in [6.45, 7) is 9.46. The van der Waals surface area contributed by atoms with Crippen LogP contribution in [0.1, 0.15) is 46.0 Å². The van der Waals surface area contributed by atoms with Gasteiger partial charge in [-0.3, -0.25) is 4.79 Å². The fourth-order valence-corrected chi connectivity index (χ4v) is 2.42. The molecule has 1 saturated carbocycles. The van der Waals surface area contributed by atoms with Gasteiger partial charge in [0, 0.05) is 19.5 Å². The Bertz CT molecular complexity index is 295. The summed E-state index contributed by atoms with van der Waals surface area (Å²) in [4.78, 5) is 13.7. The van der Waals surface area contributed by atoms with Crippen LogP contribution in [0.25, 0.3) is 0 Å². The van der Waals surface area contributed by atoms with Gasteiger partial charge >= 0.3 is 0 Å². The summed E-state index contributed by atoms with van der Waals surface area (Å²) >= 11 is 0. The summed E-state index contributed by atoms with van der Waals surface area (Å²) < 4.78 is 0. The molecule has 1 amide bonds. The van der Waals surface area contributed by atoms with Crippen LogP contribution in [0.5, 0.6) is 0 Å². The lowest BCUT2D eigenvalue weighted by Crippen LogP contribution is -2.32. The van der Waals surface area contributed by atoms with Crippen molar-refractivity contribution in [2.75, 3.05) is 13.1 Å². The van der Waals surface area contributed by atoms with E-state index in [0.29, 0.717) is 13.0 Å². The standard InChI is InChI=1S/C16H27NO/c1-4-7-8-9-10-14-12-15(14)13-17(11-5-2)16(18)6-3/h5,7-8,14-15H,2,4,6,9-13H2,1,3H3/b8-7-/t14-,15+/m1/s1. The Balaban J connectivity index is 2.24. The van der Waals surface area contributed by atoms with E-state index in [1.165, 1.54) is 19.3 Å². The van der Waals surface area contributed by atoms with Gasteiger partial charge in [0.25, 0.3) is 0 Å². The first-order valence-electron chi connectivity index (χ1n) is 7.26. The van der Waals surface area contributed by atoms with Crippen LogP contribution in [0.4, 0.5) is 0 Å². The average Bonchev–Trinajstić information content (AvgIpc) is 3.11. The maximum Gasteiger partial charge on any atom is 0.222 e. The third-order valence-electron chi connectivity index (χ3n) is 3.64. The number of nitrogens with zero attached hydrogens (tertiary/aromatic N) is 1.